The van der Waals surface area contributed by atoms with Gasteiger partial charge in [0.25, 0.3) is 11.2 Å². The zero-order valence-electron chi connectivity index (χ0n) is 15.0. The van der Waals surface area contributed by atoms with Crippen molar-refractivity contribution < 1.29 is 4.92 Å². The number of para-hydroxylation sites is 1. The number of hydrogen-bond donors (Lipinski definition) is 0. The van der Waals surface area contributed by atoms with E-state index in [1.807, 2.05) is 30.3 Å². The topological polar surface area (TPSA) is 78.0 Å². The number of nitro benzene ring substituents is 1. The number of fused-ring (bicyclic) bond motifs is 1. The second-order valence-corrected chi connectivity index (χ2v) is 6.70. The summed E-state index contributed by atoms with van der Waals surface area (Å²) in [6.45, 7) is 0. The maximum absolute atomic E-state index is 13.3. The Hall–Kier alpha value is -3.77. The standard InChI is InChI=1S/C22H14ClN3O3/c23-16-11-12-19(20(14-16)26(28)29)25-21(13-10-15-6-2-1-3-7-15)24-18-9-5-4-8-17(18)22(25)27/h1-14H. The van der Waals surface area contributed by atoms with Crippen molar-refractivity contribution in [2.45, 2.75) is 0 Å². The van der Waals surface area contributed by atoms with Gasteiger partial charge in [-0.05, 0) is 35.9 Å². The van der Waals surface area contributed by atoms with E-state index in [-0.39, 0.29) is 22.2 Å². The molecule has 0 aliphatic carbocycles. The number of benzene rings is 3. The minimum atomic E-state index is -0.562. The summed E-state index contributed by atoms with van der Waals surface area (Å²) >= 11 is 5.94. The molecule has 3 aromatic carbocycles. The number of halogens is 1. The highest BCUT2D eigenvalue weighted by Crippen LogP contribution is 2.27. The molecule has 4 aromatic rings. The van der Waals surface area contributed by atoms with Crippen molar-refractivity contribution in [3.05, 3.63) is 110 Å². The van der Waals surface area contributed by atoms with Crippen molar-refractivity contribution in [2.75, 3.05) is 0 Å². The Morgan fingerprint density at radius 2 is 1.69 bits per heavy atom. The molecule has 0 fully saturated rings. The average Bonchev–Trinajstić information content (AvgIpc) is 2.73. The second kappa shape index (κ2) is 7.69. The molecule has 4 rings (SSSR count). The Morgan fingerprint density at radius 1 is 0.966 bits per heavy atom. The van der Waals surface area contributed by atoms with Crippen LogP contribution in [0.15, 0.2) is 77.6 Å². The molecule has 6 nitrogen and oxygen atoms in total. The van der Waals surface area contributed by atoms with Crippen molar-refractivity contribution in [3.63, 3.8) is 0 Å². The van der Waals surface area contributed by atoms with Crippen molar-refractivity contribution >= 4 is 40.3 Å². The predicted octanol–water partition coefficient (Wildman–Crippen LogP) is 5.12. The molecular weight excluding hydrogens is 390 g/mol. The summed E-state index contributed by atoms with van der Waals surface area (Å²) in [6.07, 6.45) is 3.47. The molecule has 1 aromatic heterocycles. The molecule has 0 aliphatic rings. The van der Waals surface area contributed by atoms with E-state index < -0.39 is 10.5 Å². The molecule has 0 spiro atoms. The maximum Gasteiger partial charge on any atom is 0.294 e. The Labute approximate surface area is 170 Å². The molecule has 0 aliphatic heterocycles. The van der Waals surface area contributed by atoms with Gasteiger partial charge in [0.2, 0.25) is 0 Å². The molecule has 0 amide bonds. The van der Waals surface area contributed by atoms with E-state index in [0.29, 0.717) is 10.9 Å². The first-order valence-corrected chi connectivity index (χ1v) is 9.11. The van der Waals surface area contributed by atoms with Gasteiger partial charge in [-0.3, -0.25) is 19.5 Å². The van der Waals surface area contributed by atoms with Crippen LogP contribution in [-0.4, -0.2) is 14.5 Å². The van der Waals surface area contributed by atoms with Gasteiger partial charge in [-0.15, -0.1) is 0 Å². The van der Waals surface area contributed by atoms with Gasteiger partial charge in [0.15, 0.2) is 0 Å². The van der Waals surface area contributed by atoms with E-state index in [9.17, 15) is 14.9 Å². The lowest BCUT2D eigenvalue weighted by molar-refractivity contribution is -0.384. The monoisotopic (exact) mass is 403 g/mol. The summed E-state index contributed by atoms with van der Waals surface area (Å²) < 4.78 is 1.25. The first-order chi connectivity index (χ1) is 14.0. The van der Waals surface area contributed by atoms with Crippen LogP contribution in [0.5, 0.6) is 0 Å². The molecule has 0 bridgehead atoms. The summed E-state index contributed by atoms with van der Waals surface area (Å²) in [6, 6.07) is 20.6. The minimum absolute atomic E-state index is 0.107. The van der Waals surface area contributed by atoms with E-state index in [0.717, 1.165) is 5.56 Å². The van der Waals surface area contributed by atoms with Crippen LogP contribution in [0, 0.1) is 10.1 Å². The van der Waals surface area contributed by atoms with Gasteiger partial charge in [0.1, 0.15) is 11.5 Å². The highest BCUT2D eigenvalue weighted by Gasteiger charge is 2.20. The number of rotatable bonds is 4. The summed E-state index contributed by atoms with van der Waals surface area (Å²) in [5, 5.41) is 12.2. The highest BCUT2D eigenvalue weighted by atomic mass is 35.5. The lowest BCUT2D eigenvalue weighted by atomic mass is 10.2. The fourth-order valence-corrected chi connectivity index (χ4v) is 3.23. The van der Waals surface area contributed by atoms with Crippen molar-refractivity contribution in [1.29, 1.82) is 0 Å². The third-order valence-electron chi connectivity index (χ3n) is 4.40. The van der Waals surface area contributed by atoms with E-state index in [1.54, 1.807) is 36.4 Å². The van der Waals surface area contributed by atoms with Gasteiger partial charge in [-0.1, -0.05) is 60.1 Å². The van der Waals surface area contributed by atoms with Gasteiger partial charge in [-0.25, -0.2) is 4.98 Å². The quantitative estimate of drug-likeness (QED) is 0.350. The zero-order chi connectivity index (χ0) is 20.4. The van der Waals surface area contributed by atoms with Crippen LogP contribution in [0.2, 0.25) is 5.02 Å². The Bertz CT molecular complexity index is 1310. The molecule has 0 saturated heterocycles. The lowest BCUT2D eigenvalue weighted by Crippen LogP contribution is -2.23. The molecule has 0 saturated carbocycles. The number of aromatic nitrogens is 2. The van der Waals surface area contributed by atoms with Crippen molar-refractivity contribution in [1.82, 2.24) is 9.55 Å². The van der Waals surface area contributed by atoms with Gasteiger partial charge < -0.3 is 0 Å². The largest absolute Gasteiger partial charge is 0.294 e. The third kappa shape index (κ3) is 3.66. The van der Waals surface area contributed by atoms with E-state index in [2.05, 4.69) is 4.98 Å². The smallest absolute Gasteiger partial charge is 0.268 e. The first kappa shape index (κ1) is 18.6. The van der Waals surface area contributed by atoms with Crippen LogP contribution in [0.25, 0.3) is 28.7 Å². The van der Waals surface area contributed by atoms with Crippen LogP contribution >= 0.6 is 11.6 Å². The summed E-state index contributed by atoms with van der Waals surface area (Å²) in [5.74, 6) is 0.281. The van der Waals surface area contributed by atoms with Gasteiger partial charge in [0.05, 0.1) is 15.8 Å². The van der Waals surface area contributed by atoms with Crippen LogP contribution in [0.3, 0.4) is 0 Å². The fourth-order valence-electron chi connectivity index (χ4n) is 3.06. The molecule has 0 unspecified atom stereocenters. The molecule has 1 heterocycles. The molecule has 7 heteroatoms. The van der Waals surface area contributed by atoms with Crippen LogP contribution in [-0.2, 0) is 0 Å². The molecule has 0 radical (unpaired) electrons. The third-order valence-corrected chi connectivity index (χ3v) is 4.64. The SMILES string of the molecule is O=c1c2ccccc2nc(C=Cc2ccccc2)n1-c1ccc(Cl)cc1[N+](=O)[O-]. The second-order valence-electron chi connectivity index (χ2n) is 6.26. The highest BCUT2D eigenvalue weighted by molar-refractivity contribution is 6.30. The first-order valence-electron chi connectivity index (χ1n) is 8.74. The average molecular weight is 404 g/mol. The number of nitrogens with zero attached hydrogens (tertiary/aromatic N) is 3. The molecular formula is C22H14ClN3O3. The minimum Gasteiger partial charge on any atom is -0.268 e. The summed E-state index contributed by atoms with van der Waals surface area (Å²) in [7, 11) is 0. The molecule has 29 heavy (non-hydrogen) atoms. The normalized spacial score (nSPS) is 11.2. The van der Waals surface area contributed by atoms with Crippen LogP contribution in [0.4, 0.5) is 5.69 Å². The molecule has 142 valence electrons. The molecule has 0 N–H and O–H groups in total. The Kier molecular flexibility index (Phi) is 4.93. The zero-order valence-corrected chi connectivity index (χ0v) is 15.8. The van der Waals surface area contributed by atoms with Gasteiger partial charge in [0, 0.05) is 11.1 Å². The predicted molar refractivity (Wildman–Crippen MR) is 114 cm³/mol. The fraction of sp³-hybridized carbons (Fsp3) is 0. The van der Waals surface area contributed by atoms with E-state index in [4.69, 9.17) is 11.6 Å². The van der Waals surface area contributed by atoms with Crippen molar-refractivity contribution in [3.8, 4) is 5.69 Å². The Morgan fingerprint density at radius 3 is 2.45 bits per heavy atom. The van der Waals surface area contributed by atoms with E-state index in [1.165, 1.54) is 22.8 Å². The van der Waals surface area contributed by atoms with Gasteiger partial charge in [-0.2, -0.15) is 0 Å². The summed E-state index contributed by atoms with van der Waals surface area (Å²) in [5.41, 5.74) is 0.861. The van der Waals surface area contributed by atoms with Crippen LogP contribution in [0.1, 0.15) is 11.4 Å². The number of hydrogen-bond acceptors (Lipinski definition) is 4. The summed E-state index contributed by atoms with van der Waals surface area (Å²) in [4.78, 5) is 28.9. The van der Waals surface area contributed by atoms with Crippen LogP contribution < -0.4 is 5.56 Å². The number of nitro groups is 1. The molecule has 0 atom stereocenters. The van der Waals surface area contributed by atoms with E-state index >= 15 is 0 Å². The Balaban J connectivity index is 2.02. The maximum atomic E-state index is 13.3. The van der Waals surface area contributed by atoms with Gasteiger partial charge >= 0.3 is 0 Å². The van der Waals surface area contributed by atoms with Crippen molar-refractivity contribution in [2.24, 2.45) is 0 Å². The lowest BCUT2D eigenvalue weighted by Gasteiger charge is -2.12.